The molecule has 1 atom stereocenters. The lowest BCUT2D eigenvalue weighted by molar-refractivity contribution is -0.160. The number of ether oxygens (including phenoxy) is 2. The molecule has 1 saturated carbocycles. The Balaban J connectivity index is 1.86. The highest BCUT2D eigenvalue weighted by Crippen LogP contribution is 2.38. The van der Waals surface area contributed by atoms with E-state index in [2.05, 4.69) is 0 Å². The molecule has 0 radical (unpaired) electrons. The van der Waals surface area contributed by atoms with Crippen LogP contribution in [0.2, 0.25) is 0 Å². The Bertz CT molecular complexity index is 237. The van der Waals surface area contributed by atoms with Gasteiger partial charge in [0.05, 0.1) is 19.8 Å². The lowest BCUT2D eigenvalue weighted by Crippen LogP contribution is -2.55. The van der Waals surface area contributed by atoms with Crippen LogP contribution in [0, 0.1) is 5.92 Å². The molecule has 2 fully saturated rings. The zero-order valence-electron chi connectivity index (χ0n) is 7.94. The van der Waals surface area contributed by atoms with E-state index in [1.54, 1.807) is 0 Å². The highest BCUT2D eigenvalue weighted by Gasteiger charge is 2.49. The maximum absolute atomic E-state index is 11.0. The third-order valence-electron chi connectivity index (χ3n) is 2.87. The minimum absolute atomic E-state index is 0.0380. The second kappa shape index (κ2) is 3.49. The molecule has 0 aromatic carbocycles. The number of hydrogen-bond donors (Lipinski definition) is 2. The summed E-state index contributed by atoms with van der Waals surface area (Å²) < 4.78 is 10.3. The van der Waals surface area contributed by atoms with E-state index in [0.29, 0.717) is 13.2 Å². The highest BCUT2D eigenvalue weighted by molar-refractivity contribution is 5.79. The molecule has 0 spiro atoms. The summed E-state index contributed by atoms with van der Waals surface area (Å²) in [5.74, 6) is -0.874. The first-order chi connectivity index (χ1) is 6.63. The van der Waals surface area contributed by atoms with Gasteiger partial charge in [0, 0.05) is 0 Å². The van der Waals surface area contributed by atoms with Crippen LogP contribution in [0.25, 0.3) is 0 Å². The SMILES string of the molecule is NC(COC1COC1)(C(=O)O)C1CC1. The maximum atomic E-state index is 11.0. The van der Waals surface area contributed by atoms with Crippen LogP contribution < -0.4 is 5.73 Å². The molecule has 1 aliphatic heterocycles. The molecule has 2 aliphatic rings. The summed E-state index contributed by atoms with van der Waals surface area (Å²) in [4.78, 5) is 11.0. The van der Waals surface area contributed by atoms with Gasteiger partial charge in [0.1, 0.15) is 11.6 Å². The minimum atomic E-state index is -1.18. The molecule has 1 saturated heterocycles. The first-order valence-corrected chi connectivity index (χ1v) is 4.84. The molecular formula is C9H15NO4. The van der Waals surface area contributed by atoms with Crippen molar-refractivity contribution < 1.29 is 19.4 Å². The maximum Gasteiger partial charge on any atom is 0.326 e. The van der Waals surface area contributed by atoms with Gasteiger partial charge in [-0.15, -0.1) is 0 Å². The third-order valence-corrected chi connectivity index (χ3v) is 2.87. The molecule has 1 aliphatic carbocycles. The van der Waals surface area contributed by atoms with E-state index in [1.165, 1.54) is 0 Å². The van der Waals surface area contributed by atoms with Gasteiger partial charge in [-0.05, 0) is 18.8 Å². The van der Waals surface area contributed by atoms with E-state index in [0.717, 1.165) is 12.8 Å². The van der Waals surface area contributed by atoms with Crippen LogP contribution >= 0.6 is 0 Å². The molecule has 0 bridgehead atoms. The van der Waals surface area contributed by atoms with E-state index < -0.39 is 11.5 Å². The van der Waals surface area contributed by atoms with Gasteiger partial charge < -0.3 is 20.3 Å². The van der Waals surface area contributed by atoms with Crippen LogP contribution in [0.3, 0.4) is 0 Å². The highest BCUT2D eigenvalue weighted by atomic mass is 16.6. The molecule has 1 unspecified atom stereocenters. The molecule has 0 aromatic rings. The van der Waals surface area contributed by atoms with E-state index in [1.807, 2.05) is 0 Å². The van der Waals surface area contributed by atoms with Crippen molar-refractivity contribution in [3.63, 3.8) is 0 Å². The summed E-state index contributed by atoms with van der Waals surface area (Å²) in [5.41, 5.74) is 4.62. The first kappa shape index (κ1) is 9.89. The van der Waals surface area contributed by atoms with E-state index in [4.69, 9.17) is 20.3 Å². The second-order valence-corrected chi connectivity index (χ2v) is 4.09. The van der Waals surface area contributed by atoms with Gasteiger partial charge in [0.25, 0.3) is 0 Å². The monoisotopic (exact) mass is 201 g/mol. The zero-order chi connectivity index (χ0) is 10.2. The largest absolute Gasteiger partial charge is 0.480 e. The summed E-state index contributed by atoms with van der Waals surface area (Å²) in [6.07, 6.45) is 1.83. The quantitative estimate of drug-likeness (QED) is 0.632. The normalized spacial score (nSPS) is 26.6. The van der Waals surface area contributed by atoms with Crippen LogP contribution in [-0.2, 0) is 14.3 Å². The average Bonchev–Trinajstić information content (AvgIpc) is 2.82. The number of rotatable bonds is 5. The molecular weight excluding hydrogens is 186 g/mol. The molecule has 1 heterocycles. The summed E-state index contributed by atoms with van der Waals surface area (Å²) in [7, 11) is 0. The smallest absolute Gasteiger partial charge is 0.326 e. The van der Waals surface area contributed by atoms with Crippen molar-refractivity contribution in [2.45, 2.75) is 24.5 Å². The van der Waals surface area contributed by atoms with Gasteiger partial charge >= 0.3 is 5.97 Å². The Morgan fingerprint density at radius 2 is 2.21 bits per heavy atom. The van der Waals surface area contributed by atoms with Gasteiger partial charge in [-0.25, -0.2) is 0 Å². The lowest BCUT2D eigenvalue weighted by atomic mass is 9.96. The number of nitrogens with two attached hydrogens (primary N) is 1. The number of carboxylic acid groups (broad SMARTS) is 1. The van der Waals surface area contributed by atoms with Gasteiger partial charge in [0.15, 0.2) is 0 Å². The predicted octanol–water partition coefficient (Wildman–Crippen LogP) is -0.406. The van der Waals surface area contributed by atoms with Crippen LogP contribution in [0.5, 0.6) is 0 Å². The molecule has 2 rings (SSSR count). The van der Waals surface area contributed by atoms with Crippen molar-refractivity contribution >= 4 is 5.97 Å². The van der Waals surface area contributed by atoms with E-state index in [9.17, 15) is 4.79 Å². The zero-order valence-corrected chi connectivity index (χ0v) is 7.94. The topological polar surface area (TPSA) is 81.8 Å². The fourth-order valence-electron chi connectivity index (χ4n) is 1.52. The van der Waals surface area contributed by atoms with Crippen molar-refractivity contribution in [1.82, 2.24) is 0 Å². The van der Waals surface area contributed by atoms with Crippen molar-refractivity contribution in [3.8, 4) is 0 Å². The van der Waals surface area contributed by atoms with Gasteiger partial charge in [-0.3, -0.25) is 4.79 Å². The van der Waals surface area contributed by atoms with Gasteiger partial charge in [-0.1, -0.05) is 0 Å². The van der Waals surface area contributed by atoms with Gasteiger partial charge in [0.2, 0.25) is 0 Å². The second-order valence-electron chi connectivity index (χ2n) is 4.09. The fourth-order valence-corrected chi connectivity index (χ4v) is 1.52. The summed E-state index contributed by atoms with van der Waals surface area (Å²) in [5, 5.41) is 9.01. The van der Waals surface area contributed by atoms with Gasteiger partial charge in [-0.2, -0.15) is 0 Å². The molecule has 14 heavy (non-hydrogen) atoms. The molecule has 5 nitrogen and oxygen atoms in total. The molecule has 0 amide bonds. The predicted molar refractivity (Wildman–Crippen MR) is 47.8 cm³/mol. The fraction of sp³-hybridized carbons (Fsp3) is 0.889. The molecule has 0 aromatic heterocycles. The Morgan fingerprint density at radius 3 is 2.57 bits per heavy atom. The number of carbonyl (C=O) groups is 1. The molecule has 3 N–H and O–H groups in total. The Morgan fingerprint density at radius 1 is 1.57 bits per heavy atom. The summed E-state index contributed by atoms with van der Waals surface area (Å²) >= 11 is 0. The first-order valence-electron chi connectivity index (χ1n) is 4.84. The Kier molecular flexibility index (Phi) is 2.47. The number of aliphatic carboxylic acids is 1. The third kappa shape index (κ3) is 1.75. The van der Waals surface area contributed by atoms with Crippen molar-refractivity contribution in [3.05, 3.63) is 0 Å². The van der Waals surface area contributed by atoms with E-state index in [-0.39, 0.29) is 18.6 Å². The van der Waals surface area contributed by atoms with E-state index >= 15 is 0 Å². The molecule has 80 valence electrons. The van der Waals surface area contributed by atoms with Crippen LogP contribution in [0.4, 0.5) is 0 Å². The average molecular weight is 201 g/mol. The van der Waals surface area contributed by atoms with Crippen LogP contribution in [-0.4, -0.2) is 42.5 Å². The standard InChI is InChI=1S/C9H15NO4/c10-9(8(11)12,6-1-2-6)5-14-7-3-13-4-7/h6-7H,1-5,10H2,(H,11,12). The number of hydrogen-bond acceptors (Lipinski definition) is 4. The van der Waals surface area contributed by atoms with Crippen LogP contribution in [0.15, 0.2) is 0 Å². The van der Waals surface area contributed by atoms with Crippen molar-refractivity contribution in [2.24, 2.45) is 11.7 Å². The van der Waals surface area contributed by atoms with Crippen molar-refractivity contribution in [1.29, 1.82) is 0 Å². The van der Waals surface area contributed by atoms with Crippen molar-refractivity contribution in [2.75, 3.05) is 19.8 Å². The molecule has 5 heteroatoms. The summed E-state index contributed by atoms with van der Waals surface area (Å²) in [6, 6.07) is 0. The minimum Gasteiger partial charge on any atom is -0.480 e. The number of carboxylic acids is 1. The Hall–Kier alpha value is -0.650. The lowest BCUT2D eigenvalue weighted by Gasteiger charge is -2.31. The Labute approximate surface area is 82.2 Å². The van der Waals surface area contributed by atoms with Crippen LogP contribution in [0.1, 0.15) is 12.8 Å². The summed E-state index contributed by atoms with van der Waals surface area (Å²) in [6.45, 7) is 1.21.